The maximum atomic E-state index is 13.6. The van der Waals surface area contributed by atoms with E-state index in [-0.39, 0.29) is 24.5 Å². The molecule has 0 bridgehead atoms. The van der Waals surface area contributed by atoms with E-state index in [1.54, 1.807) is 0 Å². The van der Waals surface area contributed by atoms with Gasteiger partial charge >= 0.3 is 12.1 Å². The first-order valence-corrected chi connectivity index (χ1v) is 13.8. The number of carboxylic acids is 1. The Kier molecular flexibility index (Phi) is 7.02. The second-order valence-corrected chi connectivity index (χ2v) is 11.2. The number of likely N-dealkylation sites (tertiary alicyclic amines) is 1. The van der Waals surface area contributed by atoms with Crippen LogP contribution >= 0.6 is 0 Å². The summed E-state index contributed by atoms with van der Waals surface area (Å²) in [4.78, 5) is 40.3. The molecule has 0 radical (unpaired) electrons. The Labute approximate surface area is 233 Å². The Morgan fingerprint density at radius 3 is 2.17 bits per heavy atom. The monoisotopic (exact) mass is 539 g/mol. The summed E-state index contributed by atoms with van der Waals surface area (Å²) in [6.07, 6.45) is 0.604. The topological polar surface area (TPSA) is 108 Å². The van der Waals surface area contributed by atoms with Crippen LogP contribution in [0.4, 0.5) is 4.79 Å². The summed E-state index contributed by atoms with van der Waals surface area (Å²) < 4.78 is 5.80. The Hall–Kier alpha value is -4.17. The molecule has 1 heterocycles. The quantitative estimate of drug-likeness (QED) is 0.397. The van der Waals surface area contributed by atoms with Gasteiger partial charge in [-0.05, 0) is 47.1 Å². The van der Waals surface area contributed by atoms with Crippen molar-refractivity contribution in [2.24, 2.45) is 5.92 Å². The van der Waals surface area contributed by atoms with Crippen molar-refractivity contribution < 1.29 is 24.2 Å². The Bertz CT molecular complexity index is 1380. The molecule has 2 fully saturated rings. The van der Waals surface area contributed by atoms with E-state index in [0.29, 0.717) is 38.9 Å². The fourth-order valence-electron chi connectivity index (χ4n) is 6.30. The molecule has 8 heteroatoms. The third-order valence-corrected chi connectivity index (χ3v) is 8.54. The van der Waals surface area contributed by atoms with Crippen LogP contribution in [-0.4, -0.2) is 59.3 Å². The van der Waals surface area contributed by atoms with E-state index >= 15 is 0 Å². The highest BCUT2D eigenvalue weighted by Gasteiger charge is 2.48. The zero-order valence-electron chi connectivity index (χ0n) is 22.2. The van der Waals surface area contributed by atoms with Crippen molar-refractivity contribution in [3.05, 3.63) is 95.6 Å². The van der Waals surface area contributed by atoms with Crippen LogP contribution < -0.4 is 10.6 Å². The van der Waals surface area contributed by atoms with Gasteiger partial charge in [-0.1, -0.05) is 78.9 Å². The third-order valence-electron chi connectivity index (χ3n) is 8.54. The molecule has 6 rings (SSSR count). The normalized spacial score (nSPS) is 23.5. The van der Waals surface area contributed by atoms with E-state index < -0.39 is 23.5 Å². The molecule has 2 amide bonds. The molecule has 1 saturated heterocycles. The molecular weight excluding hydrogens is 506 g/mol. The molecule has 1 atom stereocenters. The second-order valence-electron chi connectivity index (χ2n) is 11.2. The molecule has 3 N–H and O–H groups in total. The van der Waals surface area contributed by atoms with E-state index in [0.717, 1.165) is 27.8 Å². The molecule has 3 aliphatic rings. The smallest absolute Gasteiger partial charge is 0.408 e. The van der Waals surface area contributed by atoms with Gasteiger partial charge in [0.15, 0.2) is 0 Å². The molecule has 1 saturated carbocycles. The molecule has 3 aromatic rings. The van der Waals surface area contributed by atoms with E-state index in [1.807, 2.05) is 54.6 Å². The molecule has 0 aromatic heterocycles. The molecule has 206 valence electrons. The lowest BCUT2D eigenvalue weighted by atomic mass is 9.80. The summed E-state index contributed by atoms with van der Waals surface area (Å²) in [6.45, 7) is 1.79. The van der Waals surface area contributed by atoms with Crippen LogP contribution in [0.25, 0.3) is 11.1 Å². The van der Waals surface area contributed by atoms with Crippen molar-refractivity contribution in [2.45, 2.75) is 43.3 Å². The number of carbonyl (C=O) groups excluding carboxylic acids is 2. The summed E-state index contributed by atoms with van der Waals surface area (Å²) in [5.41, 5.74) is 4.51. The van der Waals surface area contributed by atoms with Crippen LogP contribution in [-0.2, 0) is 20.9 Å². The minimum absolute atomic E-state index is 0.0796. The average Bonchev–Trinajstić information content (AvgIpc) is 3.49. The zero-order chi connectivity index (χ0) is 27.7. The highest BCUT2D eigenvalue weighted by atomic mass is 16.5. The Morgan fingerprint density at radius 2 is 1.52 bits per heavy atom. The fourth-order valence-corrected chi connectivity index (χ4v) is 6.30. The van der Waals surface area contributed by atoms with E-state index in [9.17, 15) is 19.5 Å². The number of carbonyl (C=O) groups is 3. The average molecular weight is 540 g/mol. The summed E-state index contributed by atoms with van der Waals surface area (Å²) in [7, 11) is 0. The van der Waals surface area contributed by atoms with Crippen molar-refractivity contribution in [1.29, 1.82) is 0 Å². The predicted octanol–water partition coefficient (Wildman–Crippen LogP) is 4.15. The minimum atomic E-state index is -1.16. The molecule has 1 unspecified atom stereocenters. The SMILES string of the molecule is O=C(NC1(C(=O)NC2CC(C(=O)O)C2)CCN(Cc2ccccc2)C1)OCC1c2ccccc2-c2ccccc21. The number of nitrogens with one attached hydrogen (secondary N) is 2. The van der Waals surface area contributed by atoms with Gasteiger partial charge in [-0.2, -0.15) is 0 Å². The number of rotatable bonds is 8. The van der Waals surface area contributed by atoms with Gasteiger partial charge in [-0.3, -0.25) is 14.5 Å². The van der Waals surface area contributed by atoms with Crippen molar-refractivity contribution in [2.75, 3.05) is 19.7 Å². The lowest BCUT2D eigenvalue weighted by Gasteiger charge is -2.37. The van der Waals surface area contributed by atoms with E-state index in [1.165, 1.54) is 0 Å². The highest BCUT2D eigenvalue weighted by molar-refractivity contribution is 5.91. The van der Waals surface area contributed by atoms with E-state index in [2.05, 4.69) is 39.8 Å². The molecule has 3 aromatic carbocycles. The van der Waals surface area contributed by atoms with Gasteiger partial charge in [0.25, 0.3) is 0 Å². The number of ether oxygens (including phenoxy) is 1. The van der Waals surface area contributed by atoms with Crippen molar-refractivity contribution in [3.8, 4) is 11.1 Å². The number of nitrogens with zero attached hydrogens (tertiary/aromatic N) is 1. The lowest BCUT2D eigenvalue weighted by Crippen LogP contribution is -2.63. The van der Waals surface area contributed by atoms with Crippen LogP contribution in [0, 0.1) is 5.92 Å². The van der Waals surface area contributed by atoms with Crippen molar-refractivity contribution in [1.82, 2.24) is 15.5 Å². The van der Waals surface area contributed by atoms with Gasteiger partial charge in [0, 0.05) is 31.6 Å². The number of carboxylic acid groups (broad SMARTS) is 1. The number of alkyl carbamates (subject to hydrolysis) is 1. The number of hydrogen-bond acceptors (Lipinski definition) is 5. The first kappa shape index (κ1) is 26.1. The van der Waals surface area contributed by atoms with E-state index in [4.69, 9.17) is 4.74 Å². The Morgan fingerprint density at radius 1 is 0.900 bits per heavy atom. The zero-order valence-corrected chi connectivity index (χ0v) is 22.2. The second kappa shape index (κ2) is 10.8. The highest BCUT2D eigenvalue weighted by Crippen LogP contribution is 2.44. The van der Waals surface area contributed by atoms with Crippen LogP contribution in [0.2, 0.25) is 0 Å². The van der Waals surface area contributed by atoms with Crippen molar-refractivity contribution >= 4 is 18.0 Å². The first-order valence-electron chi connectivity index (χ1n) is 13.8. The molecule has 1 aliphatic heterocycles. The number of fused-ring (bicyclic) bond motifs is 3. The first-order chi connectivity index (χ1) is 19.4. The van der Waals surface area contributed by atoms with Crippen LogP contribution in [0.5, 0.6) is 0 Å². The molecule has 40 heavy (non-hydrogen) atoms. The van der Waals surface area contributed by atoms with Gasteiger partial charge in [0.1, 0.15) is 12.1 Å². The summed E-state index contributed by atoms with van der Waals surface area (Å²) >= 11 is 0. The standard InChI is InChI=1S/C32H33N3O5/c36-29(37)22-16-23(17-22)33-30(38)32(14-15-35(20-32)18-21-8-2-1-3-9-21)34-31(39)40-19-28-26-12-6-4-10-24(26)25-11-5-7-13-27(25)28/h1-13,22-23,28H,14-20H2,(H,33,38)(H,34,39)(H,36,37). The molecule has 0 spiro atoms. The van der Waals surface area contributed by atoms with Gasteiger partial charge in [-0.15, -0.1) is 0 Å². The maximum Gasteiger partial charge on any atom is 0.408 e. The number of amides is 2. The summed E-state index contributed by atoms with van der Waals surface area (Å²) in [5, 5.41) is 15.2. The van der Waals surface area contributed by atoms with Crippen molar-refractivity contribution in [3.63, 3.8) is 0 Å². The van der Waals surface area contributed by atoms with Crippen LogP contribution in [0.1, 0.15) is 41.9 Å². The van der Waals surface area contributed by atoms with Gasteiger partial charge in [0.2, 0.25) is 5.91 Å². The fraction of sp³-hybridized carbons (Fsp3) is 0.344. The third kappa shape index (κ3) is 5.07. The summed E-state index contributed by atoms with van der Waals surface area (Å²) in [6, 6.07) is 26.1. The van der Waals surface area contributed by atoms with Crippen LogP contribution in [0.15, 0.2) is 78.9 Å². The molecule has 8 nitrogen and oxygen atoms in total. The predicted molar refractivity (Wildman–Crippen MR) is 150 cm³/mol. The number of aliphatic carboxylic acids is 1. The lowest BCUT2D eigenvalue weighted by molar-refractivity contribution is -0.146. The largest absolute Gasteiger partial charge is 0.481 e. The van der Waals surface area contributed by atoms with Gasteiger partial charge < -0.3 is 20.5 Å². The van der Waals surface area contributed by atoms with Gasteiger partial charge in [0.05, 0.1) is 5.92 Å². The van der Waals surface area contributed by atoms with Gasteiger partial charge in [-0.25, -0.2) is 4.79 Å². The maximum absolute atomic E-state index is 13.6. The molecule has 2 aliphatic carbocycles. The number of benzene rings is 3. The Balaban J connectivity index is 1.15. The minimum Gasteiger partial charge on any atom is -0.481 e. The number of hydrogen-bond donors (Lipinski definition) is 3. The van der Waals surface area contributed by atoms with Crippen LogP contribution in [0.3, 0.4) is 0 Å². The summed E-state index contributed by atoms with van der Waals surface area (Å²) in [5.74, 6) is -1.64. The molecular formula is C32H33N3O5.